The Hall–Kier alpha value is -1.88. The number of carbonyl (C=O) groups excluding carboxylic acids is 2. The van der Waals surface area contributed by atoms with Crippen LogP contribution in [0.4, 0.5) is 5.69 Å². The van der Waals surface area contributed by atoms with E-state index in [-0.39, 0.29) is 17.7 Å². The first-order valence-electron chi connectivity index (χ1n) is 7.86. The second-order valence-corrected chi connectivity index (χ2v) is 6.09. The Morgan fingerprint density at radius 3 is 2.91 bits per heavy atom. The molecular weight excluding hydrogens is 278 g/mol. The van der Waals surface area contributed by atoms with Gasteiger partial charge in [0.2, 0.25) is 11.8 Å². The molecule has 2 amide bonds. The molecule has 120 valence electrons. The lowest BCUT2D eigenvalue weighted by Gasteiger charge is -2.24. The summed E-state index contributed by atoms with van der Waals surface area (Å²) in [5.41, 5.74) is 2.05. The maximum atomic E-state index is 12.1. The van der Waals surface area contributed by atoms with Gasteiger partial charge in [0.05, 0.1) is 0 Å². The minimum absolute atomic E-state index is 0.0270. The molecule has 0 aliphatic carbocycles. The highest BCUT2D eigenvalue weighted by Crippen LogP contribution is 2.27. The van der Waals surface area contributed by atoms with E-state index in [0.29, 0.717) is 19.4 Å². The molecule has 1 aromatic rings. The van der Waals surface area contributed by atoms with E-state index in [1.807, 2.05) is 38.4 Å². The number of hydrogen-bond acceptors (Lipinski definition) is 3. The van der Waals surface area contributed by atoms with Crippen molar-refractivity contribution in [3.63, 3.8) is 0 Å². The molecule has 2 rings (SSSR count). The molecule has 1 aromatic carbocycles. The third-order valence-electron chi connectivity index (χ3n) is 3.94. The molecule has 1 unspecified atom stereocenters. The molecule has 0 radical (unpaired) electrons. The molecule has 0 saturated carbocycles. The van der Waals surface area contributed by atoms with E-state index in [9.17, 15) is 9.59 Å². The van der Waals surface area contributed by atoms with Gasteiger partial charge in [-0.2, -0.15) is 0 Å². The summed E-state index contributed by atoms with van der Waals surface area (Å²) >= 11 is 0. The molecule has 0 bridgehead atoms. The van der Waals surface area contributed by atoms with Crippen molar-refractivity contribution in [2.24, 2.45) is 5.92 Å². The number of nitrogens with one attached hydrogen (secondary N) is 2. The molecule has 1 heterocycles. The Morgan fingerprint density at radius 1 is 1.36 bits per heavy atom. The number of rotatable bonds is 7. The van der Waals surface area contributed by atoms with Gasteiger partial charge in [-0.15, -0.1) is 0 Å². The molecule has 5 heteroatoms. The first kappa shape index (κ1) is 16.5. The summed E-state index contributed by atoms with van der Waals surface area (Å²) in [5.74, 6) is -0.0491. The van der Waals surface area contributed by atoms with E-state index in [1.54, 1.807) is 0 Å². The minimum Gasteiger partial charge on any atom is -0.356 e. The molecule has 5 nitrogen and oxygen atoms in total. The zero-order chi connectivity index (χ0) is 15.9. The predicted octanol–water partition coefficient (Wildman–Crippen LogP) is 1.65. The van der Waals surface area contributed by atoms with Crippen LogP contribution in [-0.2, 0) is 16.0 Å². The van der Waals surface area contributed by atoms with Crippen LogP contribution < -0.4 is 10.6 Å². The van der Waals surface area contributed by atoms with Crippen molar-refractivity contribution in [2.45, 2.75) is 25.7 Å². The number of para-hydroxylation sites is 1. The average molecular weight is 303 g/mol. The molecule has 0 fully saturated rings. The fourth-order valence-electron chi connectivity index (χ4n) is 2.66. The topological polar surface area (TPSA) is 61.4 Å². The van der Waals surface area contributed by atoms with Crippen molar-refractivity contribution in [1.82, 2.24) is 10.2 Å². The third-order valence-corrected chi connectivity index (χ3v) is 3.94. The predicted molar refractivity (Wildman–Crippen MR) is 87.7 cm³/mol. The van der Waals surface area contributed by atoms with Crippen molar-refractivity contribution in [1.29, 1.82) is 0 Å². The summed E-state index contributed by atoms with van der Waals surface area (Å²) in [5, 5.41) is 5.84. The Balaban J connectivity index is 1.73. The molecule has 2 N–H and O–H groups in total. The molecule has 0 saturated heterocycles. The fourth-order valence-corrected chi connectivity index (χ4v) is 2.66. The summed E-state index contributed by atoms with van der Waals surface area (Å²) in [6.07, 6.45) is 2.66. The van der Waals surface area contributed by atoms with E-state index >= 15 is 0 Å². The third kappa shape index (κ3) is 4.84. The van der Waals surface area contributed by atoms with Gasteiger partial charge in [0.15, 0.2) is 0 Å². The van der Waals surface area contributed by atoms with Gasteiger partial charge in [-0.1, -0.05) is 18.2 Å². The zero-order valence-corrected chi connectivity index (χ0v) is 13.4. The van der Waals surface area contributed by atoms with Gasteiger partial charge < -0.3 is 15.5 Å². The lowest BCUT2D eigenvalue weighted by atomic mass is 9.89. The van der Waals surface area contributed by atoms with Gasteiger partial charge >= 0.3 is 0 Å². The molecular formula is C17H25N3O2. The highest BCUT2D eigenvalue weighted by atomic mass is 16.2. The number of hydrogen-bond donors (Lipinski definition) is 2. The number of amides is 2. The van der Waals surface area contributed by atoms with Gasteiger partial charge in [-0.05, 0) is 51.5 Å². The molecule has 1 aliphatic heterocycles. The molecule has 1 atom stereocenters. The SMILES string of the molecule is CN(C)CCCNC(=O)CCC1Cc2ccccc2NC1=O. The maximum Gasteiger partial charge on any atom is 0.227 e. The van der Waals surface area contributed by atoms with Crippen LogP contribution in [0.5, 0.6) is 0 Å². The highest BCUT2D eigenvalue weighted by molar-refractivity contribution is 5.96. The van der Waals surface area contributed by atoms with E-state index in [0.717, 1.165) is 30.6 Å². The van der Waals surface area contributed by atoms with Crippen LogP contribution in [0.3, 0.4) is 0 Å². The van der Waals surface area contributed by atoms with E-state index < -0.39 is 0 Å². The van der Waals surface area contributed by atoms with Crippen LogP contribution in [0.25, 0.3) is 0 Å². The second kappa shape index (κ2) is 7.94. The first-order chi connectivity index (χ1) is 10.6. The second-order valence-electron chi connectivity index (χ2n) is 6.09. The highest BCUT2D eigenvalue weighted by Gasteiger charge is 2.26. The quantitative estimate of drug-likeness (QED) is 0.753. The van der Waals surface area contributed by atoms with Gasteiger partial charge in [0, 0.05) is 24.6 Å². The van der Waals surface area contributed by atoms with Crippen LogP contribution in [0.1, 0.15) is 24.8 Å². The van der Waals surface area contributed by atoms with E-state index in [4.69, 9.17) is 0 Å². The smallest absolute Gasteiger partial charge is 0.227 e. The lowest BCUT2D eigenvalue weighted by molar-refractivity contribution is -0.122. The van der Waals surface area contributed by atoms with Crippen LogP contribution in [0.2, 0.25) is 0 Å². The van der Waals surface area contributed by atoms with Crippen LogP contribution >= 0.6 is 0 Å². The van der Waals surface area contributed by atoms with Gasteiger partial charge in [-0.3, -0.25) is 9.59 Å². The Bertz CT molecular complexity index is 528. The van der Waals surface area contributed by atoms with E-state index in [2.05, 4.69) is 15.5 Å². The van der Waals surface area contributed by atoms with Crippen molar-refractivity contribution in [2.75, 3.05) is 32.5 Å². The van der Waals surface area contributed by atoms with Crippen molar-refractivity contribution < 1.29 is 9.59 Å². The van der Waals surface area contributed by atoms with Crippen LogP contribution in [-0.4, -0.2) is 43.9 Å². The maximum absolute atomic E-state index is 12.1. The summed E-state index contributed by atoms with van der Waals surface area (Å²) in [7, 11) is 4.03. The van der Waals surface area contributed by atoms with Gasteiger partial charge in [-0.25, -0.2) is 0 Å². The van der Waals surface area contributed by atoms with Crippen molar-refractivity contribution >= 4 is 17.5 Å². The summed E-state index contributed by atoms with van der Waals surface area (Å²) in [4.78, 5) is 26.0. The Labute approximate surface area is 132 Å². The van der Waals surface area contributed by atoms with Crippen molar-refractivity contribution in [3.8, 4) is 0 Å². The summed E-state index contributed by atoms with van der Waals surface area (Å²) in [6, 6.07) is 7.84. The number of benzene rings is 1. The van der Waals surface area contributed by atoms with Crippen molar-refractivity contribution in [3.05, 3.63) is 29.8 Å². The zero-order valence-electron chi connectivity index (χ0n) is 13.4. The van der Waals surface area contributed by atoms with Crippen LogP contribution in [0, 0.1) is 5.92 Å². The van der Waals surface area contributed by atoms with Gasteiger partial charge in [0.1, 0.15) is 0 Å². The monoisotopic (exact) mass is 303 g/mol. The summed E-state index contributed by atoms with van der Waals surface area (Å²) < 4.78 is 0. The Kier molecular flexibility index (Phi) is 5.95. The first-order valence-corrected chi connectivity index (χ1v) is 7.86. The van der Waals surface area contributed by atoms with Crippen LogP contribution in [0.15, 0.2) is 24.3 Å². The minimum atomic E-state index is -0.109. The van der Waals surface area contributed by atoms with Gasteiger partial charge in [0.25, 0.3) is 0 Å². The van der Waals surface area contributed by atoms with E-state index in [1.165, 1.54) is 0 Å². The number of anilines is 1. The standard InChI is InChI=1S/C17H25N3O2/c1-20(2)11-5-10-18-16(21)9-8-14-12-13-6-3-4-7-15(13)19-17(14)22/h3-4,6-7,14H,5,8-12H2,1-2H3,(H,18,21)(H,19,22). The fraction of sp³-hybridized carbons (Fsp3) is 0.529. The molecule has 0 spiro atoms. The number of nitrogens with zero attached hydrogens (tertiary/aromatic N) is 1. The molecule has 1 aliphatic rings. The largest absolute Gasteiger partial charge is 0.356 e. The molecule has 22 heavy (non-hydrogen) atoms. The average Bonchev–Trinajstić information content (AvgIpc) is 2.49. The number of fused-ring (bicyclic) bond motifs is 1. The lowest BCUT2D eigenvalue weighted by Crippen LogP contribution is -2.32. The normalized spacial score (nSPS) is 17.0. The molecule has 0 aromatic heterocycles. The summed E-state index contributed by atoms with van der Waals surface area (Å²) in [6.45, 7) is 1.65. The number of carbonyl (C=O) groups is 2. The Morgan fingerprint density at radius 2 is 2.14 bits per heavy atom.